The molecule has 0 aromatic carbocycles. The van der Waals surface area contributed by atoms with Crippen molar-refractivity contribution in [3.63, 3.8) is 0 Å². The summed E-state index contributed by atoms with van der Waals surface area (Å²) in [4.78, 5) is 5.34. The van der Waals surface area contributed by atoms with Gasteiger partial charge < -0.3 is 15.1 Å². The molecule has 0 radical (unpaired) electrons. The fourth-order valence-corrected chi connectivity index (χ4v) is 3.32. The zero-order valence-corrected chi connectivity index (χ0v) is 13.0. The minimum Gasteiger partial charge on any atom is -0.316 e. The highest BCUT2D eigenvalue weighted by Gasteiger charge is 2.22. The topological polar surface area (TPSA) is 18.5 Å². The Morgan fingerprint density at radius 2 is 1.74 bits per heavy atom. The Hall–Kier alpha value is -0.120. The van der Waals surface area contributed by atoms with E-state index in [9.17, 15) is 0 Å². The van der Waals surface area contributed by atoms with E-state index in [0.29, 0.717) is 0 Å². The van der Waals surface area contributed by atoms with Crippen molar-refractivity contribution in [2.24, 2.45) is 11.8 Å². The fraction of sp³-hybridized carbons (Fsp3) is 1.00. The maximum atomic E-state index is 3.62. The van der Waals surface area contributed by atoms with Crippen molar-refractivity contribution in [3.05, 3.63) is 0 Å². The second-order valence-corrected chi connectivity index (χ2v) is 6.91. The molecule has 0 spiro atoms. The van der Waals surface area contributed by atoms with Crippen molar-refractivity contribution in [2.45, 2.75) is 39.5 Å². The standard InChI is InChI=1S/C16H33N3/c1-15(2)12-17-13-16-6-9-19(14-16)11-10-18-7-4-3-5-8-18/h15-17H,3-14H2,1-2H3. The maximum Gasteiger partial charge on any atom is 0.0109 e. The van der Waals surface area contributed by atoms with E-state index in [4.69, 9.17) is 0 Å². The van der Waals surface area contributed by atoms with Gasteiger partial charge in [0.2, 0.25) is 0 Å². The second-order valence-electron chi connectivity index (χ2n) is 6.91. The second kappa shape index (κ2) is 8.23. The van der Waals surface area contributed by atoms with Gasteiger partial charge in [-0.05, 0) is 63.8 Å². The SMILES string of the molecule is CC(C)CNCC1CCN(CCN2CCCCC2)C1. The molecule has 19 heavy (non-hydrogen) atoms. The Morgan fingerprint density at radius 3 is 2.47 bits per heavy atom. The molecule has 1 N–H and O–H groups in total. The molecule has 0 saturated carbocycles. The van der Waals surface area contributed by atoms with Crippen LogP contribution in [0.1, 0.15) is 39.5 Å². The van der Waals surface area contributed by atoms with Crippen LogP contribution in [-0.2, 0) is 0 Å². The summed E-state index contributed by atoms with van der Waals surface area (Å²) in [5, 5.41) is 3.62. The van der Waals surface area contributed by atoms with Gasteiger partial charge in [0.05, 0.1) is 0 Å². The molecule has 0 bridgehead atoms. The molecule has 112 valence electrons. The van der Waals surface area contributed by atoms with Crippen LogP contribution in [0, 0.1) is 11.8 Å². The van der Waals surface area contributed by atoms with Crippen molar-refractivity contribution in [2.75, 3.05) is 52.4 Å². The highest BCUT2D eigenvalue weighted by molar-refractivity contribution is 4.78. The fourth-order valence-electron chi connectivity index (χ4n) is 3.32. The van der Waals surface area contributed by atoms with Gasteiger partial charge in [0, 0.05) is 19.6 Å². The predicted octanol–water partition coefficient (Wildman–Crippen LogP) is 2.04. The number of nitrogens with zero attached hydrogens (tertiary/aromatic N) is 2. The van der Waals surface area contributed by atoms with Gasteiger partial charge in [-0.25, -0.2) is 0 Å². The predicted molar refractivity (Wildman–Crippen MR) is 82.5 cm³/mol. The first kappa shape index (κ1) is 15.3. The molecular formula is C16H33N3. The molecule has 2 aliphatic heterocycles. The van der Waals surface area contributed by atoms with Crippen LogP contribution in [0.25, 0.3) is 0 Å². The van der Waals surface area contributed by atoms with Crippen LogP contribution < -0.4 is 5.32 Å². The van der Waals surface area contributed by atoms with Gasteiger partial charge in [-0.3, -0.25) is 0 Å². The first-order valence-electron chi connectivity index (χ1n) is 8.39. The van der Waals surface area contributed by atoms with E-state index in [1.165, 1.54) is 78.0 Å². The Balaban J connectivity index is 1.54. The third-order valence-electron chi connectivity index (χ3n) is 4.54. The van der Waals surface area contributed by atoms with Crippen molar-refractivity contribution in [3.8, 4) is 0 Å². The van der Waals surface area contributed by atoms with Crippen molar-refractivity contribution in [1.82, 2.24) is 15.1 Å². The van der Waals surface area contributed by atoms with E-state index in [1.807, 2.05) is 0 Å². The van der Waals surface area contributed by atoms with E-state index in [0.717, 1.165) is 11.8 Å². The van der Waals surface area contributed by atoms with Gasteiger partial charge in [0.1, 0.15) is 0 Å². The van der Waals surface area contributed by atoms with Gasteiger partial charge in [-0.15, -0.1) is 0 Å². The summed E-state index contributed by atoms with van der Waals surface area (Å²) in [7, 11) is 0. The summed E-state index contributed by atoms with van der Waals surface area (Å²) >= 11 is 0. The third-order valence-corrected chi connectivity index (χ3v) is 4.54. The Kier molecular flexibility index (Phi) is 6.62. The number of likely N-dealkylation sites (tertiary alicyclic amines) is 2. The lowest BCUT2D eigenvalue weighted by Gasteiger charge is -2.28. The molecule has 3 heteroatoms. The lowest BCUT2D eigenvalue weighted by molar-refractivity contribution is 0.194. The van der Waals surface area contributed by atoms with Crippen LogP contribution in [0.5, 0.6) is 0 Å². The Bertz CT molecular complexity index is 236. The summed E-state index contributed by atoms with van der Waals surface area (Å²) in [6.07, 6.45) is 5.68. The Labute approximate surface area is 119 Å². The zero-order chi connectivity index (χ0) is 13.5. The highest BCUT2D eigenvalue weighted by atomic mass is 15.2. The summed E-state index contributed by atoms with van der Waals surface area (Å²) in [5.41, 5.74) is 0. The normalized spacial score (nSPS) is 26.4. The van der Waals surface area contributed by atoms with Crippen LogP contribution in [0.4, 0.5) is 0 Å². The summed E-state index contributed by atoms with van der Waals surface area (Å²) in [6.45, 7) is 14.9. The molecule has 2 saturated heterocycles. The number of hydrogen-bond acceptors (Lipinski definition) is 3. The first-order chi connectivity index (χ1) is 9.24. The molecule has 0 aromatic rings. The van der Waals surface area contributed by atoms with Crippen LogP contribution in [-0.4, -0.2) is 62.2 Å². The number of piperidine rings is 1. The van der Waals surface area contributed by atoms with Crippen molar-refractivity contribution in [1.29, 1.82) is 0 Å². The van der Waals surface area contributed by atoms with Gasteiger partial charge in [-0.1, -0.05) is 20.3 Å². The summed E-state index contributed by atoms with van der Waals surface area (Å²) in [5.74, 6) is 1.66. The number of nitrogens with one attached hydrogen (secondary N) is 1. The Morgan fingerprint density at radius 1 is 1.00 bits per heavy atom. The molecule has 1 unspecified atom stereocenters. The lowest BCUT2D eigenvalue weighted by Crippen LogP contribution is -2.37. The molecular weight excluding hydrogens is 234 g/mol. The molecule has 2 heterocycles. The highest BCUT2D eigenvalue weighted by Crippen LogP contribution is 2.16. The van der Waals surface area contributed by atoms with Gasteiger partial charge in [-0.2, -0.15) is 0 Å². The van der Waals surface area contributed by atoms with E-state index in [2.05, 4.69) is 29.0 Å². The van der Waals surface area contributed by atoms with Crippen molar-refractivity contribution >= 4 is 0 Å². The molecule has 0 aliphatic carbocycles. The quantitative estimate of drug-likeness (QED) is 0.761. The average molecular weight is 267 g/mol. The van der Waals surface area contributed by atoms with E-state index >= 15 is 0 Å². The minimum absolute atomic E-state index is 0.775. The molecule has 1 atom stereocenters. The molecule has 0 amide bonds. The minimum atomic E-state index is 0.775. The van der Waals surface area contributed by atoms with Crippen molar-refractivity contribution < 1.29 is 0 Å². The molecule has 3 nitrogen and oxygen atoms in total. The van der Waals surface area contributed by atoms with Crippen LogP contribution >= 0.6 is 0 Å². The molecule has 2 rings (SSSR count). The lowest BCUT2D eigenvalue weighted by atomic mass is 10.1. The maximum absolute atomic E-state index is 3.62. The molecule has 0 aromatic heterocycles. The first-order valence-corrected chi connectivity index (χ1v) is 8.39. The number of rotatable bonds is 7. The summed E-state index contributed by atoms with van der Waals surface area (Å²) < 4.78 is 0. The molecule has 2 fully saturated rings. The van der Waals surface area contributed by atoms with E-state index < -0.39 is 0 Å². The zero-order valence-electron chi connectivity index (χ0n) is 13.0. The van der Waals surface area contributed by atoms with Crippen LogP contribution in [0.15, 0.2) is 0 Å². The van der Waals surface area contributed by atoms with Gasteiger partial charge >= 0.3 is 0 Å². The van der Waals surface area contributed by atoms with Crippen LogP contribution in [0.3, 0.4) is 0 Å². The smallest absolute Gasteiger partial charge is 0.0109 e. The van der Waals surface area contributed by atoms with E-state index in [1.54, 1.807) is 0 Å². The largest absolute Gasteiger partial charge is 0.316 e. The summed E-state index contributed by atoms with van der Waals surface area (Å²) in [6, 6.07) is 0. The van der Waals surface area contributed by atoms with E-state index in [-0.39, 0.29) is 0 Å². The molecule has 2 aliphatic rings. The number of hydrogen-bond donors (Lipinski definition) is 1. The monoisotopic (exact) mass is 267 g/mol. The van der Waals surface area contributed by atoms with Gasteiger partial charge in [0.15, 0.2) is 0 Å². The van der Waals surface area contributed by atoms with Crippen LogP contribution in [0.2, 0.25) is 0 Å². The third kappa shape index (κ3) is 5.80. The van der Waals surface area contributed by atoms with Gasteiger partial charge in [0.25, 0.3) is 0 Å². The average Bonchev–Trinajstić information content (AvgIpc) is 2.85.